The Balaban J connectivity index is 1.55. The Morgan fingerprint density at radius 3 is 3.04 bits per heavy atom. The topological polar surface area (TPSA) is 59.8 Å². The van der Waals surface area contributed by atoms with Gasteiger partial charge in [-0.05, 0) is 43.2 Å². The van der Waals surface area contributed by atoms with Gasteiger partial charge in [0.1, 0.15) is 5.82 Å². The number of benzene rings is 1. The molecule has 1 aromatic carbocycles. The van der Waals surface area contributed by atoms with Crippen LogP contribution in [0.4, 0.5) is 0 Å². The number of aromatic nitrogens is 3. The van der Waals surface area contributed by atoms with E-state index in [-0.39, 0.29) is 5.91 Å². The first-order valence-electron chi connectivity index (χ1n) is 7.98. The number of nitrogens with zero attached hydrogens (tertiary/aromatic N) is 3. The highest BCUT2D eigenvalue weighted by Crippen LogP contribution is 2.23. The van der Waals surface area contributed by atoms with E-state index in [2.05, 4.69) is 19.9 Å². The Hall–Kier alpha value is -2.69. The van der Waals surface area contributed by atoms with Crippen molar-refractivity contribution in [1.29, 1.82) is 0 Å². The number of nitrogens with one attached hydrogen (secondary N) is 1. The Kier molecular flexibility index (Phi) is 3.54. The second-order valence-electron chi connectivity index (χ2n) is 5.84. The molecule has 1 aliphatic heterocycles. The molecule has 0 saturated heterocycles. The molecule has 0 atom stereocenters. The van der Waals surface area contributed by atoms with E-state index in [4.69, 9.17) is 0 Å². The van der Waals surface area contributed by atoms with Crippen LogP contribution in [0.25, 0.3) is 11.0 Å². The number of carbonyl (C=O) groups excluding carboxylic acids is 1. The Labute approximate surface area is 134 Å². The highest BCUT2D eigenvalue weighted by Gasteiger charge is 2.16. The van der Waals surface area contributed by atoms with Gasteiger partial charge < -0.3 is 9.88 Å². The lowest BCUT2D eigenvalue weighted by Crippen LogP contribution is -2.23. The molecule has 1 N–H and O–H groups in total. The lowest BCUT2D eigenvalue weighted by Gasteiger charge is -2.13. The van der Waals surface area contributed by atoms with E-state index in [1.807, 2.05) is 36.4 Å². The van der Waals surface area contributed by atoms with Crippen LogP contribution in [-0.4, -0.2) is 20.4 Å². The summed E-state index contributed by atoms with van der Waals surface area (Å²) in [7, 11) is 0. The predicted molar refractivity (Wildman–Crippen MR) is 88.1 cm³/mol. The van der Waals surface area contributed by atoms with Crippen LogP contribution < -0.4 is 5.32 Å². The van der Waals surface area contributed by atoms with Crippen LogP contribution in [0, 0.1) is 0 Å². The van der Waals surface area contributed by atoms with Crippen molar-refractivity contribution >= 4 is 16.9 Å². The molecule has 0 radical (unpaired) electrons. The monoisotopic (exact) mass is 306 g/mol. The molecule has 0 unspecified atom stereocenters. The maximum atomic E-state index is 12.3. The molecule has 0 aliphatic carbocycles. The van der Waals surface area contributed by atoms with Crippen molar-refractivity contribution in [3.05, 3.63) is 59.7 Å². The minimum Gasteiger partial charge on any atom is -0.346 e. The first-order chi connectivity index (χ1) is 11.3. The zero-order chi connectivity index (χ0) is 15.6. The van der Waals surface area contributed by atoms with E-state index in [9.17, 15) is 4.79 Å². The second-order valence-corrected chi connectivity index (χ2v) is 5.84. The van der Waals surface area contributed by atoms with E-state index in [0.29, 0.717) is 12.1 Å². The fraction of sp³-hybridized carbons (Fsp3) is 0.278. The van der Waals surface area contributed by atoms with Gasteiger partial charge in [-0.3, -0.25) is 9.78 Å². The number of amides is 1. The zero-order valence-electron chi connectivity index (χ0n) is 12.8. The summed E-state index contributed by atoms with van der Waals surface area (Å²) in [6, 6.07) is 11.4. The molecule has 1 aliphatic rings. The second kappa shape index (κ2) is 5.83. The average Bonchev–Trinajstić information content (AvgIpc) is 2.98. The molecule has 116 valence electrons. The number of rotatable bonds is 3. The van der Waals surface area contributed by atoms with E-state index in [1.165, 1.54) is 12.8 Å². The van der Waals surface area contributed by atoms with E-state index in [1.54, 1.807) is 6.20 Å². The predicted octanol–water partition coefficient (Wildman–Crippen LogP) is 2.70. The van der Waals surface area contributed by atoms with Crippen LogP contribution in [0.15, 0.2) is 42.6 Å². The van der Waals surface area contributed by atoms with Gasteiger partial charge in [-0.15, -0.1) is 0 Å². The molecular weight excluding hydrogens is 288 g/mol. The van der Waals surface area contributed by atoms with Crippen molar-refractivity contribution < 1.29 is 4.79 Å². The first-order valence-corrected chi connectivity index (χ1v) is 7.98. The van der Waals surface area contributed by atoms with Gasteiger partial charge in [0, 0.05) is 24.7 Å². The fourth-order valence-electron chi connectivity index (χ4n) is 3.09. The maximum absolute atomic E-state index is 12.3. The lowest BCUT2D eigenvalue weighted by atomic mass is 10.1. The summed E-state index contributed by atoms with van der Waals surface area (Å²) in [5.41, 5.74) is 3.52. The molecule has 2 aromatic heterocycles. The third-order valence-corrected chi connectivity index (χ3v) is 4.28. The summed E-state index contributed by atoms with van der Waals surface area (Å²) < 4.78 is 2.27. The molecule has 4 rings (SSSR count). The highest BCUT2D eigenvalue weighted by atomic mass is 16.1. The summed E-state index contributed by atoms with van der Waals surface area (Å²) in [6.07, 6.45) is 5.14. The van der Waals surface area contributed by atoms with Crippen LogP contribution in [0.3, 0.4) is 0 Å². The molecule has 5 heteroatoms. The Morgan fingerprint density at radius 2 is 2.17 bits per heavy atom. The molecule has 5 nitrogen and oxygen atoms in total. The molecule has 23 heavy (non-hydrogen) atoms. The summed E-state index contributed by atoms with van der Waals surface area (Å²) in [4.78, 5) is 21.2. The molecule has 0 saturated carbocycles. The molecule has 3 heterocycles. The molecule has 0 spiro atoms. The maximum Gasteiger partial charge on any atom is 0.251 e. The van der Waals surface area contributed by atoms with Gasteiger partial charge in [0.25, 0.3) is 5.91 Å². The van der Waals surface area contributed by atoms with Crippen molar-refractivity contribution in [2.24, 2.45) is 0 Å². The number of pyridine rings is 1. The standard InChI is InChI=1S/C18H18N4O/c23-18(20-12-14-5-1-3-9-19-14)13-7-8-16-15(11-13)21-17-6-2-4-10-22(16)17/h1,3,5,7-9,11H,2,4,6,10,12H2,(H,20,23). The van der Waals surface area contributed by atoms with Crippen molar-refractivity contribution in [3.8, 4) is 0 Å². The lowest BCUT2D eigenvalue weighted by molar-refractivity contribution is 0.0950. The van der Waals surface area contributed by atoms with Crippen LogP contribution in [0.1, 0.15) is 34.7 Å². The van der Waals surface area contributed by atoms with E-state index < -0.39 is 0 Å². The molecule has 0 fully saturated rings. The zero-order valence-corrected chi connectivity index (χ0v) is 12.8. The van der Waals surface area contributed by atoms with Gasteiger partial charge in [0.2, 0.25) is 0 Å². The van der Waals surface area contributed by atoms with Gasteiger partial charge in [-0.1, -0.05) is 6.07 Å². The van der Waals surface area contributed by atoms with Gasteiger partial charge >= 0.3 is 0 Å². The first kappa shape index (κ1) is 13.9. The molecular formula is C18H18N4O. The number of carbonyl (C=O) groups is 1. The van der Waals surface area contributed by atoms with E-state index >= 15 is 0 Å². The smallest absolute Gasteiger partial charge is 0.251 e. The van der Waals surface area contributed by atoms with Crippen LogP contribution in [0.2, 0.25) is 0 Å². The van der Waals surface area contributed by atoms with Crippen molar-refractivity contribution in [3.63, 3.8) is 0 Å². The molecule has 1 amide bonds. The summed E-state index contributed by atoms with van der Waals surface area (Å²) in [5, 5.41) is 2.91. The molecule has 0 bridgehead atoms. The number of hydrogen-bond acceptors (Lipinski definition) is 3. The van der Waals surface area contributed by atoms with Crippen LogP contribution in [-0.2, 0) is 19.5 Å². The van der Waals surface area contributed by atoms with Crippen LogP contribution in [0.5, 0.6) is 0 Å². The largest absolute Gasteiger partial charge is 0.346 e. The minimum atomic E-state index is -0.0940. The SMILES string of the molecule is O=C(NCc1ccccn1)c1ccc2c(c1)nc1n2CCCC1. The van der Waals surface area contributed by atoms with Gasteiger partial charge in [-0.25, -0.2) is 4.98 Å². The number of aryl methyl sites for hydroxylation is 2. The molecule has 3 aromatic rings. The van der Waals surface area contributed by atoms with E-state index in [0.717, 1.165) is 35.5 Å². The normalized spacial score (nSPS) is 13.7. The third kappa shape index (κ3) is 2.70. The Bertz CT molecular complexity index is 854. The van der Waals surface area contributed by atoms with Gasteiger partial charge in [-0.2, -0.15) is 0 Å². The van der Waals surface area contributed by atoms with Crippen LogP contribution >= 0.6 is 0 Å². The van der Waals surface area contributed by atoms with Gasteiger partial charge in [0.15, 0.2) is 0 Å². The van der Waals surface area contributed by atoms with Crippen molar-refractivity contribution in [2.45, 2.75) is 32.4 Å². The Morgan fingerprint density at radius 1 is 1.22 bits per heavy atom. The highest BCUT2D eigenvalue weighted by molar-refractivity contribution is 5.97. The van der Waals surface area contributed by atoms with Gasteiger partial charge in [0.05, 0.1) is 23.3 Å². The third-order valence-electron chi connectivity index (χ3n) is 4.28. The summed E-state index contributed by atoms with van der Waals surface area (Å²) >= 11 is 0. The summed E-state index contributed by atoms with van der Waals surface area (Å²) in [5.74, 6) is 1.04. The number of imidazole rings is 1. The van der Waals surface area contributed by atoms with Crippen molar-refractivity contribution in [2.75, 3.05) is 0 Å². The average molecular weight is 306 g/mol. The van der Waals surface area contributed by atoms with Crippen molar-refractivity contribution in [1.82, 2.24) is 19.9 Å². The number of hydrogen-bond donors (Lipinski definition) is 1. The fourth-order valence-corrected chi connectivity index (χ4v) is 3.09. The quantitative estimate of drug-likeness (QED) is 0.809. The summed E-state index contributed by atoms with van der Waals surface area (Å²) in [6.45, 7) is 1.45. The minimum absolute atomic E-state index is 0.0940. The number of fused-ring (bicyclic) bond motifs is 3.